The van der Waals surface area contributed by atoms with Gasteiger partial charge in [0.25, 0.3) is 0 Å². The molecule has 0 fully saturated rings. The Morgan fingerprint density at radius 3 is 2.38 bits per heavy atom. The average molecular weight is 226 g/mol. The lowest BCUT2D eigenvalue weighted by Crippen LogP contribution is -2.16. The molecule has 0 aliphatic rings. The summed E-state index contributed by atoms with van der Waals surface area (Å²) in [5.41, 5.74) is 0.345. The number of nitrogens with zero attached hydrogens (tertiary/aromatic N) is 1. The van der Waals surface area contributed by atoms with Crippen LogP contribution >= 0.6 is 0 Å². The monoisotopic (exact) mass is 226 g/mol. The third kappa shape index (κ3) is 2.53. The summed E-state index contributed by atoms with van der Waals surface area (Å²) >= 11 is 0. The second-order valence-electron chi connectivity index (χ2n) is 2.96. The summed E-state index contributed by atoms with van der Waals surface area (Å²) in [4.78, 5) is 22.7. The van der Waals surface area contributed by atoms with E-state index in [-0.39, 0.29) is 24.5 Å². The van der Waals surface area contributed by atoms with Gasteiger partial charge < -0.3 is 15.3 Å². The predicted octanol–water partition coefficient (Wildman–Crippen LogP) is 0.555. The molecule has 0 aliphatic carbocycles. The number of aromatic nitrogens is 1. The lowest BCUT2D eigenvalue weighted by Gasteiger charge is -2.01. The Kier molecular flexibility index (Phi) is 3.93. The Balaban J connectivity index is 2.89. The second kappa shape index (κ2) is 5.20. The fraction of sp³-hybridized carbons (Fsp3) is 0.400. The molecule has 0 aliphatic heterocycles. The van der Waals surface area contributed by atoms with Gasteiger partial charge in [-0.05, 0) is 19.9 Å². The highest BCUT2D eigenvalue weighted by atomic mass is 16.5. The van der Waals surface area contributed by atoms with Gasteiger partial charge in [-0.2, -0.15) is 0 Å². The molecular formula is C10H14N2O4. The van der Waals surface area contributed by atoms with Crippen LogP contribution in [-0.4, -0.2) is 29.8 Å². The Bertz CT molecular complexity index is 398. The highest BCUT2D eigenvalue weighted by molar-refractivity contribution is 5.95. The number of esters is 2. The molecule has 0 saturated carbocycles. The molecule has 6 heteroatoms. The van der Waals surface area contributed by atoms with E-state index >= 15 is 0 Å². The summed E-state index contributed by atoms with van der Waals surface area (Å²) in [7, 11) is 0. The molecule has 0 aromatic carbocycles. The fourth-order valence-electron chi connectivity index (χ4n) is 1.17. The quantitative estimate of drug-likeness (QED) is 0.599. The lowest BCUT2D eigenvalue weighted by molar-refractivity contribution is 0.0514. The van der Waals surface area contributed by atoms with E-state index in [4.69, 9.17) is 15.3 Å². The van der Waals surface area contributed by atoms with Gasteiger partial charge in [0, 0.05) is 6.20 Å². The Morgan fingerprint density at radius 2 is 1.81 bits per heavy atom. The van der Waals surface area contributed by atoms with Gasteiger partial charge in [0.05, 0.1) is 18.8 Å². The summed E-state index contributed by atoms with van der Waals surface area (Å²) in [5.74, 6) is 4.43. The SMILES string of the molecule is CCOC(=O)c1cc(C(=O)OCC)n(N)c1. The van der Waals surface area contributed by atoms with Crippen LogP contribution in [0, 0.1) is 0 Å². The maximum Gasteiger partial charge on any atom is 0.356 e. The number of rotatable bonds is 4. The average Bonchev–Trinajstić information content (AvgIpc) is 2.61. The zero-order chi connectivity index (χ0) is 12.1. The predicted molar refractivity (Wildman–Crippen MR) is 56.5 cm³/mol. The molecule has 2 N–H and O–H groups in total. The summed E-state index contributed by atoms with van der Waals surface area (Å²) in [6.07, 6.45) is 1.32. The van der Waals surface area contributed by atoms with Crippen LogP contribution in [0.4, 0.5) is 0 Å². The molecule has 1 rings (SSSR count). The van der Waals surface area contributed by atoms with Crippen LogP contribution in [0.25, 0.3) is 0 Å². The second-order valence-corrected chi connectivity index (χ2v) is 2.96. The Labute approximate surface area is 92.9 Å². The molecule has 0 atom stereocenters. The number of carbonyl (C=O) groups is 2. The van der Waals surface area contributed by atoms with Crippen LogP contribution in [0.15, 0.2) is 12.3 Å². The van der Waals surface area contributed by atoms with E-state index in [1.54, 1.807) is 13.8 Å². The van der Waals surface area contributed by atoms with E-state index in [0.29, 0.717) is 0 Å². The number of carbonyl (C=O) groups excluding carboxylic acids is 2. The summed E-state index contributed by atoms with van der Waals surface area (Å²) in [5, 5.41) is 0. The smallest absolute Gasteiger partial charge is 0.356 e. The molecule has 0 radical (unpaired) electrons. The van der Waals surface area contributed by atoms with Crippen LogP contribution in [-0.2, 0) is 9.47 Å². The molecule has 0 unspecified atom stereocenters. The molecule has 1 heterocycles. The third-order valence-electron chi connectivity index (χ3n) is 1.84. The topological polar surface area (TPSA) is 83.6 Å². The summed E-state index contributed by atoms with van der Waals surface area (Å²) in [6.45, 7) is 3.90. The van der Waals surface area contributed by atoms with E-state index < -0.39 is 11.9 Å². The van der Waals surface area contributed by atoms with Crippen LogP contribution in [0.2, 0.25) is 0 Å². The standard InChI is InChI=1S/C10H14N2O4/c1-3-15-9(13)7-5-8(12(11)6-7)10(14)16-4-2/h5-6H,3-4,11H2,1-2H3. The number of hydrogen-bond acceptors (Lipinski definition) is 5. The summed E-state index contributed by atoms with van der Waals surface area (Å²) < 4.78 is 10.6. The van der Waals surface area contributed by atoms with E-state index in [1.165, 1.54) is 12.3 Å². The first kappa shape index (κ1) is 12.1. The van der Waals surface area contributed by atoms with Gasteiger partial charge in [-0.15, -0.1) is 0 Å². The highest BCUT2D eigenvalue weighted by Crippen LogP contribution is 2.09. The minimum atomic E-state index is -0.569. The molecule has 0 bridgehead atoms. The normalized spacial score (nSPS) is 9.88. The van der Waals surface area contributed by atoms with Crippen LogP contribution in [0.3, 0.4) is 0 Å². The minimum Gasteiger partial charge on any atom is -0.462 e. The Morgan fingerprint density at radius 1 is 1.25 bits per heavy atom. The van der Waals surface area contributed by atoms with Gasteiger partial charge in [-0.3, -0.25) is 4.68 Å². The van der Waals surface area contributed by atoms with Crippen molar-refractivity contribution in [3.63, 3.8) is 0 Å². The zero-order valence-electron chi connectivity index (χ0n) is 9.23. The van der Waals surface area contributed by atoms with Crippen molar-refractivity contribution in [3.8, 4) is 0 Å². The van der Waals surface area contributed by atoms with E-state index in [0.717, 1.165) is 4.68 Å². The van der Waals surface area contributed by atoms with Gasteiger partial charge >= 0.3 is 11.9 Å². The number of nitrogen functional groups attached to an aromatic ring is 1. The molecule has 1 aromatic heterocycles. The molecule has 6 nitrogen and oxygen atoms in total. The number of hydrogen-bond donors (Lipinski definition) is 1. The first-order valence-electron chi connectivity index (χ1n) is 4.91. The Hall–Kier alpha value is -1.98. The van der Waals surface area contributed by atoms with Gasteiger partial charge in [0.15, 0.2) is 0 Å². The number of nitrogens with two attached hydrogens (primary N) is 1. The third-order valence-corrected chi connectivity index (χ3v) is 1.84. The van der Waals surface area contributed by atoms with Crippen molar-refractivity contribution in [2.24, 2.45) is 0 Å². The maximum atomic E-state index is 11.4. The van der Waals surface area contributed by atoms with Crippen molar-refractivity contribution in [1.29, 1.82) is 0 Å². The van der Waals surface area contributed by atoms with Crippen LogP contribution < -0.4 is 5.84 Å². The molecule has 0 saturated heterocycles. The molecular weight excluding hydrogens is 212 g/mol. The molecule has 0 spiro atoms. The number of ether oxygens (including phenoxy) is 2. The molecule has 88 valence electrons. The van der Waals surface area contributed by atoms with Crippen molar-refractivity contribution in [3.05, 3.63) is 23.5 Å². The van der Waals surface area contributed by atoms with Gasteiger partial charge in [0.1, 0.15) is 5.69 Å². The van der Waals surface area contributed by atoms with Crippen molar-refractivity contribution >= 4 is 11.9 Å². The van der Waals surface area contributed by atoms with Crippen molar-refractivity contribution in [1.82, 2.24) is 4.68 Å². The van der Waals surface area contributed by atoms with Gasteiger partial charge in [0.2, 0.25) is 0 Å². The maximum absolute atomic E-state index is 11.4. The molecule has 16 heavy (non-hydrogen) atoms. The van der Waals surface area contributed by atoms with E-state index in [2.05, 4.69) is 0 Å². The van der Waals surface area contributed by atoms with Crippen LogP contribution in [0.1, 0.15) is 34.7 Å². The van der Waals surface area contributed by atoms with Gasteiger partial charge in [-0.25, -0.2) is 9.59 Å². The zero-order valence-corrected chi connectivity index (χ0v) is 9.23. The van der Waals surface area contributed by atoms with Crippen molar-refractivity contribution < 1.29 is 19.1 Å². The molecule has 0 amide bonds. The lowest BCUT2D eigenvalue weighted by atomic mass is 10.3. The van der Waals surface area contributed by atoms with Crippen molar-refractivity contribution in [2.75, 3.05) is 19.1 Å². The first-order chi connectivity index (χ1) is 7.60. The fourth-order valence-corrected chi connectivity index (χ4v) is 1.17. The van der Waals surface area contributed by atoms with Crippen molar-refractivity contribution in [2.45, 2.75) is 13.8 Å². The molecule has 1 aromatic rings. The summed E-state index contributed by atoms with van der Waals surface area (Å²) in [6, 6.07) is 1.34. The van der Waals surface area contributed by atoms with Crippen LogP contribution in [0.5, 0.6) is 0 Å². The largest absolute Gasteiger partial charge is 0.462 e. The van der Waals surface area contributed by atoms with E-state index in [9.17, 15) is 9.59 Å². The first-order valence-corrected chi connectivity index (χ1v) is 4.91. The van der Waals surface area contributed by atoms with Gasteiger partial charge in [-0.1, -0.05) is 0 Å². The minimum absolute atomic E-state index is 0.116. The highest BCUT2D eigenvalue weighted by Gasteiger charge is 2.17. The van der Waals surface area contributed by atoms with E-state index in [1.807, 2.05) is 0 Å².